The van der Waals surface area contributed by atoms with Gasteiger partial charge in [-0.2, -0.15) is 5.10 Å². The highest BCUT2D eigenvalue weighted by atomic mass is 16.5. The van der Waals surface area contributed by atoms with E-state index in [9.17, 15) is 14.4 Å². The van der Waals surface area contributed by atoms with E-state index in [1.54, 1.807) is 57.6 Å². The van der Waals surface area contributed by atoms with E-state index in [-0.39, 0.29) is 0 Å². The first-order chi connectivity index (χ1) is 12.3. The Balaban J connectivity index is 1.74. The van der Waals surface area contributed by atoms with Gasteiger partial charge in [-0.25, -0.2) is 4.79 Å². The average Bonchev–Trinajstić information content (AvgIpc) is 3.11. The van der Waals surface area contributed by atoms with Crippen LogP contribution < -0.4 is 15.4 Å². The second-order valence-corrected chi connectivity index (χ2v) is 6.10. The molecule has 0 radical (unpaired) electrons. The number of amides is 4. The number of nitrogens with one attached hydrogen (secondary N) is 2. The molecule has 4 amide bonds. The van der Waals surface area contributed by atoms with E-state index in [2.05, 4.69) is 15.7 Å². The molecule has 2 aromatic rings. The second-order valence-electron chi connectivity index (χ2n) is 6.10. The molecule has 0 saturated carbocycles. The minimum atomic E-state index is -1.24. The van der Waals surface area contributed by atoms with Crippen LogP contribution in [0.2, 0.25) is 0 Å². The van der Waals surface area contributed by atoms with Crippen LogP contribution in [0.1, 0.15) is 12.5 Å². The van der Waals surface area contributed by atoms with E-state index in [0.29, 0.717) is 17.1 Å². The quantitative estimate of drug-likeness (QED) is 0.771. The largest absolute Gasteiger partial charge is 0.497 e. The molecule has 0 aliphatic carbocycles. The summed E-state index contributed by atoms with van der Waals surface area (Å²) in [5.74, 6) is -0.0155. The number of rotatable bonds is 5. The number of imide groups is 1. The molecule has 0 unspecified atom stereocenters. The lowest BCUT2D eigenvalue weighted by molar-refractivity contribution is -0.133. The lowest BCUT2D eigenvalue weighted by Gasteiger charge is -2.22. The number of urea groups is 1. The Morgan fingerprint density at radius 1 is 1.27 bits per heavy atom. The van der Waals surface area contributed by atoms with Gasteiger partial charge in [-0.15, -0.1) is 0 Å². The number of hydrogen-bond donors (Lipinski definition) is 2. The number of ether oxygens (including phenoxy) is 1. The van der Waals surface area contributed by atoms with Crippen molar-refractivity contribution in [1.82, 2.24) is 20.0 Å². The number of hydrogen-bond acceptors (Lipinski definition) is 5. The van der Waals surface area contributed by atoms with Crippen LogP contribution in [0, 0.1) is 0 Å². The molecule has 1 aliphatic heterocycles. The highest BCUT2D eigenvalue weighted by Crippen LogP contribution is 2.29. The monoisotopic (exact) mass is 357 g/mol. The van der Waals surface area contributed by atoms with Crippen molar-refractivity contribution in [1.29, 1.82) is 0 Å². The van der Waals surface area contributed by atoms with Crippen LogP contribution in [-0.2, 0) is 22.2 Å². The van der Waals surface area contributed by atoms with Gasteiger partial charge in [-0.1, -0.05) is 12.1 Å². The van der Waals surface area contributed by atoms with Gasteiger partial charge in [0.25, 0.3) is 5.91 Å². The summed E-state index contributed by atoms with van der Waals surface area (Å²) in [6.07, 6.45) is 1.67. The molecular weight excluding hydrogens is 338 g/mol. The van der Waals surface area contributed by atoms with Crippen molar-refractivity contribution in [2.45, 2.75) is 12.5 Å². The summed E-state index contributed by atoms with van der Waals surface area (Å²) in [6, 6.07) is 7.81. The molecule has 1 atom stereocenters. The molecule has 1 saturated heterocycles. The van der Waals surface area contributed by atoms with Crippen molar-refractivity contribution in [2.24, 2.45) is 7.05 Å². The summed E-state index contributed by atoms with van der Waals surface area (Å²) in [4.78, 5) is 38.1. The second kappa shape index (κ2) is 6.51. The van der Waals surface area contributed by atoms with Crippen LogP contribution in [0.25, 0.3) is 0 Å². The van der Waals surface area contributed by atoms with E-state index in [0.717, 1.165) is 4.90 Å². The standard InChI is InChI=1S/C17H19N5O4/c1-17(11-4-6-12(26-3)7-5-11)15(24)22(16(25)19-17)10-14(23)18-13-8-9-21(2)20-13/h4-9H,10H2,1-3H3,(H,19,25)(H,18,20,23)/t17-/m0/s1. The van der Waals surface area contributed by atoms with Crippen molar-refractivity contribution >= 4 is 23.7 Å². The number of anilines is 1. The van der Waals surface area contributed by atoms with Crippen LogP contribution >= 0.6 is 0 Å². The summed E-state index contributed by atoms with van der Waals surface area (Å²) in [5.41, 5.74) is -0.640. The number of methoxy groups -OCH3 is 1. The van der Waals surface area contributed by atoms with E-state index < -0.39 is 29.9 Å². The van der Waals surface area contributed by atoms with Gasteiger partial charge in [0.15, 0.2) is 5.82 Å². The lowest BCUT2D eigenvalue weighted by Crippen LogP contribution is -2.42. The summed E-state index contributed by atoms with van der Waals surface area (Å²) in [5, 5.41) is 9.23. The maximum absolute atomic E-state index is 12.8. The van der Waals surface area contributed by atoms with Gasteiger partial charge in [-0.3, -0.25) is 19.2 Å². The van der Waals surface area contributed by atoms with Gasteiger partial charge in [-0.05, 0) is 24.6 Å². The molecule has 1 aliphatic rings. The zero-order valence-corrected chi connectivity index (χ0v) is 14.6. The normalized spacial score (nSPS) is 19.4. The van der Waals surface area contributed by atoms with Gasteiger partial charge in [0.2, 0.25) is 5.91 Å². The zero-order valence-electron chi connectivity index (χ0n) is 14.6. The first kappa shape index (κ1) is 17.5. The minimum absolute atomic E-state index is 0.350. The van der Waals surface area contributed by atoms with E-state index in [1.807, 2.05) is 0 Å². The predicted octanol–water partition coefficient (Wildman–Crippen LogP) is 0.834. The fourth-order valence-electron chi connectivity index (χ4n) is 2.77. The third-order valence-electron chi connectivity index (χ3n) is 4.23. The maximum Gasteiger partial charge on any atom is 0.325 e. The third kappa shape index (κ3) is 3.10. The smallest absolute Gasteiger partial charge is 0.325 e. The maximum atomic E-state index is 12.8. The molecule has 3 rings (SSSR count). The molecule has 9 nitrogen and oxygen atoms in total. The van der Waals surface area contributed by atoms with Gasteiger partial charge in [0.1, 0.15) is 17.8 Å². The fourth-order valence-corrected chi connectivity index (χ4v) is 2.77. The Labute approximate surface area is 149 Å². The Hall–Kier alpha value is -3.36. The zero-order chi connectivity index (χ0) is 18.9. The highest BCUT2D eigenvalue weighted by Gasteiger charge is 2.49. The number of benzene rings is 1. The van der Waals surface area contributed by atoms with Crippen molar-refractivity contribution in [3.05, 3.63) is 42.1 Å². The summed E-state index contributed by atoms with van der Waals surface area (Å²) in [7, 11) is 3.26. The lowest BCUT2D eigenvalue weighted by atomic mass is 9.92. The minimum Gasteiger partial charge on any atom is -0.497 e. The van der Waals surface area contributed by atoms with E-state index in [1.165, 1.54) is 4.68 Å². The van der Waals surface area contributed by atoms with Crippen molar-refractivity contribution in [3.63, 3.8) is 0 Å². The molecule has 136 valence electrons. The van der Waals surface area contributed by atoms with Gasteiger partial charge < -0.3 is 15.4 Å². The molecule has 0 spiro atoms. The fraction of sp³-hybridized carbons (Fsp3) is 0.294. The SMILES string of the molecule is COc1ccc([C@]2(C)NC(=O)N(CC(=O)Nc3ccn(C)n3)C2=O)cc1. The summed E-state index contributed by atoms with van der Waals surface area (Å²) in [6.45, 7) is 1.21. The molecule has 0 bridgehead atoms. The average molecular weight is 357 g/mol. The number of carbonyl (C=O) groups is 3. The molecule has 1 fully saturated rings. The first-order valence-corrected chi connectivity index (χ1v) is 7.91. The molecule has 1 aromatic carbocycles. The summed E-state index contributed by atoms with van der Waals surface area (Å²) < 4.78 is 6.63. The van der Waals surface area contributed by atoms with Gasteiger partial charge in [0, 0.05) is 19.3 Å². The van der Waals surface area contributed by atoms with Crippen molar-refractivity contribution in [3.8, 4) is 5.75 Å². The van der Waals surface area contributed by atoms with Crippen LogP contribution in [0.3, 0.4) is 0 Å². The van der Waals surface area contributed by atoms with Crippen molar-refractivity contribution < 1.29 is 19.1 Å². The van der Waals surface area contributed by atoms with Crippen LogP contribution in [0.5, 0.6) is 5.75 Å². The molecule has 26 heavy (non-hydrogen) atoms. The van der Waals surface area contributed by atoms with Gasteiger partial charge >= 0.3 is 6.03 Å². The molecule has 2 heterocycles. The molecule has 9 heteroatoms. The molecule has 1 aromatic heterocycles. The Kier molecular flexibility index (Phi) is 4.37. The summed E-state index contributed by atoms with van der Waals surface area (Å²) >= 11 is 0. The van der Waals surface area contributed by atoms with Crippen LogP contribution in [0.4, 0.5) is 10.6 Å². The number of aryl methyl sites for hydroxylation is 1. The van der Waals surface area contributed by atoms with Crippen molar-refractivity contribution in [2.75, 3.05) is 19.0 Å². The van der Waals surface area contributed by atoms with E-state index >= 15 is 0 Å². The topological polar surface area (TPSA) is 106 Å². The number of nitrogens with zero attached hydrogens (tertiary/aromatic N) is 3. The van der Waals surface area contributed by atoms with Gasteiger partial charge in [0.05, 0.1) is 7.11 Å². The first-order valence-electron chi connectivity index (χ1n) is 7.91. The Bertz CT molecular complexity index is 860. The number of carbonyl (C=O) groups excluding carboxylic acids is 3. The Morgan fingerprint density at radius 2 is 1.96 bits per heavy atom. The number of aromatic nitrogens is 2. The van der Waals surface area contributed by atoms with E-state index in [4.69, 9.17) is 4.74 Å². The predicted molar refractivity (Wildman–Crippen MR) is 92.4 cm³/mol. The third-order valence-corrected chi connectivity index (χ3v) is 4.23. The van der Waals surface area contributed by atoms with Crippen LogP contribution in [0.15, 0.2) is 36.5 Å². The highest BCUT2D eigenvalue weighted by molar-refractivity contribution is 6.10. The Morgan fingerprint density at radius 3 is 2.54 bits per heavy atom. The molecular formula is C17H19N5O4. The van der Waals surface area contributed by atoms with Crippen LogP contribution in [-0.4, -0.2) is 46.2 Å². The molecule has 2 N–H and O–H groups in total.